The second-order valence-electron chi connectivity index (χ2n) is 4.48. The smallest absolute Gasteiger partial charge is 0.191 e. The number of aliphatic imine (C=N–C) groups is 1. The van der Waals surface area contributed by atoms with Crippen molar-refractivity contribution in [3.63, 3.8) is 0 Å². The average Bonchev–Trinajstić information content (AvgIpc) is 3.07. The molecule has 0 saturated carbocycles. The molecule has 2 heterocycles. The first-order chi connectivity index (χ1) is 10.1. The van der Waals surface area contributed by atoms with E-state index in [1.165, 1.54) is 4.88 Å². The van der Waals surface area contributed by atoms with Crippen molar-refractivity contribution in [3.05, 3.63) is 38.8 Å². The maximum atomic E-state index is 10.1. The highest BCUT2D eigenvalue weighted by Crippen LogP contribution is 2.21. The molecular weight excluding hydrogens is 481 g/mol. The molecule has 0 amide bonds. The molecule has 2 aromatic rings. The van der Waals surface area contributed by atoms with Gasteiger partial charge >= 0.3 is 0 Å². The van der Waals surface area contributed by atoms with Crippen molar-refractivity contribution in [3.8, 4) is 0 Å². The minimum absolute atomic E-state index is 0. The number of halogens is 2. The number of rotatable bonds is 5. The Labute approximate surface area is 159 Å². The van der Waals surface area contributed by atoms with Gasteiger partial charge in [0.15, 0.2) is 5.96 Å². The van der Waals surface area contributed by atoms with Gasteiger partial charge in [0, 0.05) is 37.3 Å². The van der Waals surface area contributed by atoms with E-state index in [0.717, 1.165) is 9.35 Å². The van der Waals surface area contributed by atoms with Gasteiger partial charge in [0.05, 0.1) is 22.6 Å². The largest absolute Gasteiger partial charge is 0.386 e. The van der Waals surface area contributed by atoms with Crippen LogP contribution in [0.5, 0.6) is 0 Å². The first-order valence-corrected chi connectivity index (χ1v) is 8.04. The molecule has 2 aromatic heterocycles. The molecule has 0 aromatic carbocycles. The van der Waals surface area contributed by atoms with E-state index in [-0.39, 0.29) is 24.0 Å². The molecule has 22 heavy (non-hydrogen) atoms. The standard InChI is InChI=1S/C13H18BrN5OS.HI/c1-15-13(16-6-10-3-4-12(14)21-10)17-7-11(20)9-5-18-19(2)8-9;/h3-5,8,11,20H,6-7H2,1-2H3,(H2,15,16,17);1H. The molecule has 0 spiro atoms. The van der Waals surface area contributed by atoms with E-state index in [0.29, 0.717) is 19.0 Å². The van der Waals surface area contributed by atoms with Gasteiger partial charge in [-0.2, -0.15) is 5.10 Å². The third-order valence-electron chi connectivity index (χ3n) is 2.86. The molecule has 122 valence electrons. The first-order valence-electron chi connectivity index (χ1n) is 6.44. The Morgan fingerprint density at radius 1 is 1.50 bits per heavy atom. The number of aryl methyl sites for hydroxylation is 1. The molecule has 0 bridgehead atoms. The molecule has 0 saturated heterocycles. The normalized spacial score (nSPS) is 12.6. The van der Waals surface area contributed by atoms with Crippen LogP contribution in [0.25, 0.3) is 0 Å². The summed E-state index contributed by atoms with van der Waals surface area (Å²) < 4.78 is 2.77. The summed E-state index contributed by atoms with van der Waals surface area (Å²) in [6.07, 6.45) is 2.84. The molecular formula is C13H19BrIN5OS. The van der Waals surface area contributed by atoms with Gasteiger partial charge < -0.3 is 15.7 Å². The molecule has 2 rings (SSSR count). The highest BCUT2D eigenvalue weighted by Gasteiger charge is 2.10. The van der Waals surface area contributed by atoms with Crippen LogP contribution in [0, 0.1) is 0 Å². The number of aliphatic hydroxyl groups is 1. The number of hydrogen-bond donors (Lipinski definition) is 3. The molecule has 0 fully saturated rings. The molecule has 0 aliphatic rings. The SMILES string of the molecule is CN=C(NCc1ccc(Br)s1)NCC(O)c1cnn(C)c1.I. The van der Waals surface area contributed by atoms with Gasteiger partial charge in [-0.25, -0.2) is 0 Å². The Balaban J connectivity index is 0.00000242. The quantitative estimate of drug-likeness (QED) is 0.335. The zero-order valence-electron chi connectivity index (χ0n) is 12.3. The maximum absolute atomic E-state index is 10.1. The Kier molecular flexibility index (Phi) is 8.36. The molecule has 3 N–H and O–H groups in total. The number of guanidine groups is 1. The predicted octanol–water partition coefficient (Wildman–Crippen LogP) is 2.26. The minimum Gasteiger partial charge on any atom is -0.386 e. The topological polar surface area (TPSA) is 74.5 Å². The van der Waals surface area contributed by atoms with Crippen LogP contribution in [0.4, 0.5) is 0 Å². The van der Waals surface area contributed by atoms with Crippen molar-refractivity contribution < 1.29 is 5.11 Å². The number of aliphatic hydroxyl groups excluding tert-OH is 1. The Morgan fingerprint density at radius 3 is 2.82 bits per heavy atom. The number of aromatic nitrogens is 2. The van der Waals surface area contributed by atoms with Gasteiger partial charge in [-0.15, -0.1) is 35.3 Å². The number of hydrogen-bond acceptors (Lipinski definition) is 4. The monoisotopic (exact) mass is 499 g/mol. The summed E-state index contributed by atoms with van der Waals surface area (Å²) in [5.74, 6) is 0.655. The predicted molar refractivity (Wildman–Crippen MR) is 104 cm³/mol. The van der Waals surface area contributed by atoms with Crippen LogP contribution in [0.1, 0.15) is 16.5 Å². The summed E-state index contributed by atoms with van der Waals surface area (Å²) in [5, 5.41) is 20.4. The summed E-state index contributed by atoms with van der Waals surface area (Å²) in [6.45, 7) is 1.07. The average molecular weight is 500 g/mol. The van der Waals surface area contributed by atoms with Gasteiger partial charge in [0.25, 0.3) is 0 Å². The Hall–Kier alpha value is -0.650. The summed E-state index contributed by atoms with van der Waals surface area (Å²) >= 11 is 5.11. The van der Waals surface area contributed by atoms with Gasteiger partial charge in [0.1, 0.15) is 0 Å². The van der Waals surface area contributed by atoms with E-state index in [2.05, 4.69) is 42.7 Å². The van der Waals surface area contributed by atoms with Crippen molar-refractivity contribution in [2.24, 2.45) is 12.0 Å². The van der Waals surface area contributed by atoms with Crippen molar-refractivity contribution in [2.75, 3.05) is 13.6 Å². The highest BCUT2D eigenvalue weighted by molar-refractivity contribution is 14.0. The zero-order chi connectivity index (χ0) is 15.2. The molecule has 0 aliphatic heterocycles. The lowest BCUT2D eigenvalue weighted by Crippen LogP contribution is -2.38. The molecule has 0 radical (unpaired) electrons. The number of thiophene rings is 1. The van der Waals surface area contributed by atoms with Crippen molar-refractivity contribution >= 4 is 57.2 Å². The Bertz CT molecular complexity index is 615. The van der Waals surface area contributed by atoms with Crippen molar-refractivity contribution in [1.29, 1.82) is 0 Å². The Morgan fingerprint density at radius 2 is 2.27 bits per heavy atom. The summed E-state index contributed by atoms with van der Waals surface area (Å²) in [4.78, 5) is 5.34. The van der Waals surface area contributed by atoms with E-state index in [9.17, 15) is 5.11 Å². The molecule has 6 nitrogen and oxygen atoms in total. The lowest BCUT2D eigenvalue weighted by atomic mass is 10.2. The second kappa shape index (κ2) is 9.48. The van der Waals surface area contributed by atoms with Crippen LogP contribution in [0.2, 0.25) is 0 Å². The number of nitrogens with zero attached hydrogens (tertiary/aromatic N) is 3. The molecule has 1 unspecified atom stereocenters. The lowest BCUT2D eigenvalue weighted by molar-refractivity contribution is 0.180. The first kappa shape index (κ1) is 19.4. The van der Waals surface area contributed by atoms with E-state index in [1.54, 1.807) is 35.5 Å². The fraction of sp³-hybridized carbons (Fsp3) is 0.385. The van der Waals surface area contributed by atoms with Crippen LogP contribution in [0.15, 0.2) is 33.3 Å². The van der Waals surface area contributed by atoms with Crippen LogP contribution >= 0.6 is 51.2 Å². The van der Waals surface area contributed by atoms with E-state index >= 15 is 0 Å². The molecule has 1 atom stereocenters. The van der Waals surface area contributed by atoms with Crippen LogP contribution < -0.4 is 10.6 Å². The van der Waals surface area contributed by atoms with E-state index in [4.69, 9.17) is 0 Å². The highest BCUT2D eigenvalue weighted by atomic mass is 127. The van der Waals surface area contributed by atoms with Crippen molar-refractivity contribution in [2.45, 2.75) is 12.6 Å². The minimum atomic E-state index is -0.617. The van der Waals surface area contributed by atoms with Gasteiger partial charge in [0.2, 0.25) is 0 Å². The molecule has 9 heteroatoms. The van der Waals surface area contributed by atoms with Gasteiger partial charge in [-0.3, -0.25) is 9.67 Å². The van der Waals surface area contributed by atoms with E-state index in [1.807, 2.05) is 13.1 Å². The zero-order valence-corrected chi connectivity index (χ0v) is 17.0. The fourth-order valence-corrected chi connectivity index (χ4v) is 3.18. The summed E-state index contributed by atoms with van der Waals surface area (Å²) in [7, 11) is 3.53. The number of nitrogens with one attached hydrogen (secondary N) is 2. The molecule has 0 aliphatic carbocycles. The third kappa shape index (κ3) is 5.86. The lowest BCUT2D eigenvalue weighted by Gasteiger charge is -2.14. The third-order valence-corrected chi connectivity index (χ3v) is 4.48. The second-order valence-corrected chi connectivity index (χ2v) is 7.02. The summed E-state index contributed by atoms with van der Waals surface area (Å²) in [6, 6.07) is 4.07. The van der Waals surface area contributed by atoms with Crippen molar-refractivity contribution in [1.82, 2.24) is 20.4 Å². The van der Waals surface area contributed by atoms with Gasteiger partial charge in [-0.05, 0) is 28.1 Å². The van der Waals surface area contributed by atoms with Crippen LogP contribution in [-0.4, -0.2) is 34.4 Å². The van der Waals surface area contributed by atoms with Gasteiger partial charge in [-0.1, -0.05) is 0 Å². The fourth-order valence-electron chi connectivity index (χ4n) is 1.76. The van der Waals surface area contributed by atoms with E-state index < -0.39 is 6.10 Å². The van der Waals surface area contributed by atoms with Crippen LogP contribution in [-0.2, 0) is 13.6 Å². The van der Waals surface area contributed by atoms with Crippen LogP contribution in [0.3, 0.4) is 0 Å². The maximum Gasteiger partial charge on any atom is 0.191 e. The summed E-state index contributed by atoms with van der Waals surface area (Å²) in [5.41, 5.74) is 0.780.